The summed E-state index contributed by atoms with van der Waals surface area (Å²) in [4.78, 5) is 8.88. The standard InChI is InChI=1S/C17H30N8/c1-4-16-23-22-14-25(16)13-10-21-17(18-5-2)20-8-6-7-11-24-12-9-19-15(24)3/h9,12,14H,4-8,10-11,13H2,1-3H3,(H2,18,20,21). The molecule has 0 bridgehead atoms. The Morgan fingerprint density at radius 1 is 1.16 bits per heavy atom. The molecule has 0 atom stereocenters. The van der Waals surface area contributed by atoms with Crippen LogP contribution in [0.1, 0.15) is 38.3 Å². The molecule has 2 N–H and O–H groups in total. The van der Waals surface area contributed by atoms with Gasteiger partial charge >= 0.3 is 0 Å². The van der Waals surface area contributed by atoms with Crippen molar-refractivity contribution in [2.24, 2.45) is 4.99 Å². The third-order valence-electron chi connectivity index (χ3n) is 4.00. The first-order valence-electron chi connectivity index (χ1n) is 9.11. The van der Waals surface area contributed by atoms with Gasteiger partial charge in [0.25, 0.3) is 0 Å². The molecule has 0 radical (unpaired) electrons. The van der Waals surface area contributed by atoms with Crippen molar-refractivity contribution in [1.82, 2.24) is 34.9 Å². The van der Waals surface area contributed by atoms with Gasteiger partial charge in [-0.3, -0.25) is 4.99 Å². The second kappa shape index (κ2) is 10.5. The molecule has 0 saturated carbocycles. The average Bonchev–Trinajstić information content (AvgIpc) is 3.23. The summed E-state index contributed by atoms with van der Waals surface area (Å²) in [5.74, 6) is 2.95. The molecule has 0 aliphatic rings. The van der Waals surface area contributed by atoms with Crippen molar-refractivity contribution >= 4 is 5.96 Å². The first-order valence-corrected chi connectivity index (χ1v) is 9.11. The lowest BCUT2D eigenvalue weighted by atomic mass is 10.3. The maximum absolute atomic E-state index is 4.65. The van der Waals surface area contributed by atoms with E-state index in [0.29, 0.717) is 0 Å². The molecule has 2 rings (SSSR count). The molecule has 0 unspecified atom stereocenters. The van der Waals surface area contributed by atoms with Crippen LogP contribution in [0, 0.1) is 6.92 Å². The number of nitrogens with zero attached hydrogens (tertiary/aromatic N) is 6. The summed E-state index contributed by atoms with van der Waals surface area (Å²) in [7, 11) is 0. The summed E-state index contributed by atoms with van der Waals surface area (Å²) in [6.45, 7) is 10.5. The van der Waals surface area contributed by atoms with E-state index in [4.69, 9.17) is 0 Å². The number of unbranched alkanes of at least 4 members (excludes halogenated alkanes) is 1. The second-order valence-corrected chi connectivity index (χ2v) is 5.86. The average molecular weight is 346 g/mol. The van der Waals surface area contributed by atoms with Gasteiger partial charge in [0.1, 0.15) is 18.0 Å². The van der Waals surface area contributed by atoms with E-state index in [-0.39, 0.29) is 0 Å². The van der Waals surface area contributed by atoms with E-state index in [1.165, 1.54) is 0 Å². The van der Waals surface area contributed by atoms with Crippen LogP contribution in [0.5, 0.6) is 0 Å². The van der Waals surface area contributed by atoms with Crippen molar-refractivity contribution in [2.75, 3.05) is 19.6 Å². The summed E-state index contributed by atoms with van der Waals surface area (Å²) in [6.07, 6.45) is 8.70. The predicted molar refractivity (Wildman–Crippen MR) is 99.6 cm³/mol. The zero-order chi connectivity index (χ0) is 17.9. The number of guanidine groups is 1. The van der Waals surface area contributed by atoms with Crippen molar-refractivity contribution in [3.05, 3.63) is 30.4 Å². The lowest BCUT2D eigenvalue weighted by molar-refractivity contribution is 0.598. The van der Waals surface area contributed by atoms with Crippen molar-refractivity contribution in [1.29, 1.82) is 0 Å². The van der Waals surface area contributed by atoms with Crippen molar-refractivity contribution < 1.29 is 0 Å². The molecule has 0 fully saturated rings. The van der Waals surface area contributed by atoms with E-state index >= 15 is 0 Å². The number of rotatable bonds is 10. The minimum Gasteiger partial charge on any atom is -0.357 e. The van der Waals surface area contributed by atoms with Gasteiger partial charge in [0, 0.05) is 51.5 Å². The number of nitrogens with one attached hydrogen (secondary N) is 2. The maximum Gasteiger partial charge on any atom is 0.191 e. The minimum absolute atomic E-state index is 0.797. The SMILES string of the molecule is CCNC(=NCCCCn1ccnc1C)NCCn1cnnc1CC. The lowest BCUT2D eigenvalue weighted by Gasteiger charge is -2.12. The van der Waals surface area contributed by atoms with Crippen LogP contribution in [0.3, 0.4) is 0 Å². The van der Waals surface area contributed by atoms with E-state index in [1.54, 1.807) is 6.33 Å². The molecule has 0 aliphatic heterocycles. The smallest absolute Gasteiger partial charge is 0.191 e. The maximum atomic E-state index is 4.65. The number of aryl methyl sites for hydroxylation is 3. The number of aromatic nitrogens is 5. The van der Waals surface area contributed by atoms with E-state index in [2.05, 4.69) is 53.8 Å². The quantitative estimate of drug-likeness (QED) is 0.386. The highest BCUT2D eigenvalue weighted by Gasteiger charge is 2.02. The Labute approximate surface area is 149 Å². The van der Waals surface area contributed by atoms with Gasteiger partial charge in [-0.1, -0.05) is 6.92 Å². The zero-order valence-electron chi connectivity index (χ0n) is 15.6. The Kier molecular flexibility index (Phi) is 7.94. The van der Waals surface area contributed by atoms with Gasteiger partial charge in [-0.05, 0) is 26.7 Å². The van der Waals surface area contributed by atoms with Crippen LogP contribution in [-0.2, 0) is 19.5 Å². The van der Waals surface area contributed by atoms with Crippen LogP contribution in [0.4, 0.5) is 0 Å². The molecular formula is C17H30N8. The van der Waals surface area contributed by atoms with E-state index in [0.717, 1.165) is 69.6 Å². The third-order valence-corrected chi connectivity index (χ3v) is 4.00. The van der Waals surface area contributed by atoms with E-state index in [9.17, 15) is 0 Å². The highest BCUT2D eigenvalue weighted by atomic mass is 15.3. The Balaban J connectivity index is 1.69. The molecular weight excluding hydrogens is 316 g/mol. The number of imidazole rings is 1. The van der Waals surface area contributed by atoms with Crippen molar-refractivity contribution in [3.8, 4) is 0 Å². The van der Waals surface area contributed by atoms with Crippen LogP contribution >= 0.6 is 0 Å². The van der Waals surface area contributed by atoms with Gasteiger partial charge in [-0.2, -0.15) is 0 Å². The Morgan fingerprint density at radius 2 is 2.04 bits per heavy atom. The van der Waals surface area contributed by atoms with Crippen LogP contribution in [0.25, 0.3) is 0 Å². The molecule has 0 spiro atoms. The zero-order valence-corrected chi connectivity index (χ0v) is 15.6. The summed E-state index contributed by atoms with van der Waals surface area (Å²) >= 11 is 0. The molecule has 2 aromatic heterocycles. The summed E-state index contributed by atoms with van der Waals surface area (Å²) in [6, 6.07) is 0. The Bertz CT molecular complexity index is 643. The summed E-state index contributed by atoms with van der Waals surface area (Å²) in [5, 5.41) is 14.7. The molecule has 0 saturated heterocycles. The van der Waals surface area contributed by atoms with Gasteiger partial charge < -0.3 is 19.8 Å². The second-order valence-electron chi connectivity index (χ2n) is 5.86. The molecule has 0 aliphatic carbocycles. The van der Waals surface area contributed by atoms with Crippen LogP contribution in [0.15, 0.2) is 23.7 Å². The number of aliphatic imine (C=N–C) groups is 1. The Morgan fingerprint density at radius 3 is 2.76 bits per heavy atom. The molecule has 0 aromatic carbocycles. The topological polar surface area (TPSA) is 85.0 Å². The number of hydrogen-bond acceptors (Lipinski definition) is 4. The van der Waals surface area contributed by atoms with Crippen LogP contribution in [-0.4, -0.2) is 49.9 Å². The van der Waals surface area contributed by atoms with E-state index in [1.807, 2.05) is 19.3 Å². The molecule has 2 aromatic rings. The van der Waals surface area contributed by atoms with Gasteiger partial charge in [0.05, 0.1) is 0 Å². The predicted octanol–water partition coefficient (Wildman–Crippen LogP) is 1.38. The minimum atomic E-state index is 0.797. The fraction of sp³-hybridized carbons (Fsp3) is 0.647. The first kappa shape index (κ1) is 19.0. The normalized spacial score (nSPS) is 11.7. The molecule has 138 valence electrons. The molecule has 8 heteroatoms. The highest BCUT2D eigenvalue weighted by molar-refractivity contribution is 5.79. The monoisotopic (exact) mass is 346 g/mol. The van der Waals surface area contributed by atoms with Gasteiger partial charge in [-0.15, -0.1) is 10.2 Å². The first-order chi connectivity index (χ1) is 12.2. The fourth-order valence-corrected chi connectivity index (χ4v) is 2.60. The van der Waals surface area contributed by atoms with Gasteiger partial charge in [-0.25, -0.2) is 4.98 Å². The number of hydrogen-bond donors (Lipinski definition) is 2. The van der Waals surface area contributed by atoms with Crippen molar-refractivity contribution in [3.63, 3.8) is 0 Å². The van der Waals surface area contributed by atoms with E-state index < -0.39 is 0 Å². The molecule has 2 heterocycles. The summed E-state index contributed by atoms with van der Waals surface area (Å²) < 4.78 is 4.25. The Hall–Kier alpha value is -2.38. The third kappa shape index (κ3) is 6.21. The highest BCUT2D eigenvalue weighted by Crippen LogP contribution is 2.00. The summed E-state index contributed by atoms with van der Waals surface area (Å²) in [5.41, 5.74) is 0. The van der Waals surface area contributed by atoms with Gasteiger partial charge in [0.2, 0.25) is 0 Å². The largest absolute Gasteiger partial charge is 0.357 e. The molecule has 0 amide bonds. The van der Waals surface area contributed by atoms with Crippen LogP contribution in [0.2, 0.25) is 0 Å². The fourth-order valence-electron chi connectivity index (χ4n) is 2.60. The van der Waals surface area contributed by atoms with Crippen LogP contribution < -0.4 is 10.6 Å². The molecule has 25 heavy (non-hydrogen) atoms. The lowest BCUT2D eigenvalue weighted by Crippen LogP contribution is -2.39. The van der Waals surface area contributed by atoms with Gasteiger partial charge in [0.15, 0.2) is 5.96 Å². The molecule has 8 nitrogen and oxygen atoms in total. The van der Waals surface area contributed by atoms with Crippen molar-refractivity contribution in [2.45, 2.75) is 53.1 Å².